The maximum Gasteiger partial charge on any atom is 0.256 e. The number of anilines is 1. The van der Waals surface area contributed by atoms with Crippen molar-refractivity contribution in [2.45, 2.75) is 26.7 Å². The first-order valence-electron chi connectivity index (χ1n) is 6.23. The van der Waals surface area contributed by atoms with Gasteiger partial charge in [0.1, 0.15) is 0 Å². The fourth-order valence-corrected chi connectivity index (χ4v) is 2.18. The molecule has 0 aromatic carbocycles. The molecule has 1 aromatic rings. The molecule has 1 aliphatic rings. The molecule has 0 unspecified atom stereocenters. The summed E-state index contributed by atoms with van der Waals surface area (Å²) >= 11 is 0. The Bertz CT molecular complexity index is 434. The predicted molar refractivity (Wildman–Crippen MR) is 71.0 cm³/mol. The summed E-state index contributed by atoms with van der Waals surface area (Å²) in [5.41, 5.74) is 4.03. The molecule has 0 radical (unpaired) electrons. The highest BCUT2D eigenvalue weighted by molar-refractivity contribution is 5.99. The van der Waals surface area contributed by atoms with Gasteiger partial charge in [-0.2, -0.15) is 0 Å². The maximum atomic E-state index is 12.4. The van der Waals surface area contributed by atoms with Crippen LogP contribution in [-0.4, -0.2) is 28.9 Å². The van der Waals surface area contributed by atoms with E-state index in [9.17, 15) is 4.79 Å². The summed E-state index contributed by atoms with van der Waals surface area (Å²) in [5, 5.41) is 0. The van der Waals surface area contributed by atoms with Gasteiger partial charge in [0.2, 0.25) is 0 Å². The molecule has 1 fully saturated rings. The molecule has 1 amide bonds. The van der Waals surface area contributed by atoms with Gasteiger partial charge in [-0.25, -0.2) is 0 Å². The van der Waals surface area contributed by atoms with E-state index in [1.165, 1.54) is 0 Å². The van der Waals surface area contributed by atoms with Gasteiger partial charge in [0.25, 0.3) is 5.91 Å². The molecular formula is C13H20N4O. The van der Waals surface area contributed by atoms with Gasteiger partial charge in [0.05, 0.1) is 17.4 Å². The van der Waals surface area contributed by atoms with E-state index in [-0.39, 0.29) is 5.91 Å². The third-order valence-corrected chi connectivity index (χ3v) is 3.61. The van der Waals surface area contributed by atoms with Gasteiger partial charge in [0.15, 0.2) is 0 Å². The molecule has 2 rings (SSSR count). The molecule has 0 spiro atoms. The summed E-state index contributed by atoms with van der Waals surface area (Å²) in [5.74, 6) is 5.43. The van der Waals surface area contributed by atoms with Gasteiger partial charge in [-0.1, -0.05) is 13.8 Å². The Morgan fingerprint density at radius 1 is 1.44 bits per heavy atom. The number of hydrogen-bond donors (Lipinski definition) is 2. The number of nitrogens with zero attached hydrogens (tertiary/aromatic N) is 2. The highest BCUT2D eigenvalue weighted by Gasteiger charge is 2.29. The Morgan fingerprint density at radius 2 is 2.11 bits per heavy atom. The van der Waals surface area contributed by atoms with E-state index < -0.39 is 0 Å². The van der Waals surface area contributed by atoms with E-state index in [4.69, 9.17) is 5.84 Å². The van der Waals surface area contributed by atoms with Crippen molar-refractivity contribution in [2.24, 2.45) is 11.3 Å². The molecule has 98 valence electrons. The smallest absolute Gasteiger partial charge is 0.256 e. The number of hydrazine groups is 1. The molecule has 3 N–H and O–H groups in total. The standard InChI is InChI=1S/C13H20N4O/c1-13(2)4-7-17(8-5-13)12(18)10-3-6-15-9-11(10)16-14/h3,6,9,16H,4-5,7-8,14H2,1-2H3. The molecule has 5 nitrogen and oxygen atoms in total. The first-order valence-corrected chi connectivity index (χ1v) is 6.23. The summed E-state index contributed by atoms with van der Waals surface area (Å²) in [6.45, 7) is 6.10. The zero-order valence-electron chi connectivity index (χ0n) is 10.9. The monoisotopic (exact) mass is 248 g/mol. The lowest BCUT2D eigenvalue weighted by Crippen LogP contribution is -2.41. The second kappa shape index (κ2) is 4.94. The van der Waals surface area contributed by atoms with Crippen molar-refractivity contribution >= 4 is 11.6 Å². The number of hydrogen-bond acceptors (Lipinski definition) is 4. The maximum absolute atomic E-state index is 12.4. The predicted octanol–water partition coefficient (Wildman–Crippen LogP) is 1.63. The second-order valence-electron chi connectivity index (χ2n) is 5.52. The van der Waals surface area contributed by atoms with Crippen LogP contribution in [0.5, 0.6) is 0 Å². The summed E-state index contributed by atoms with van der Waals surface area (Å²) in [6, 6.07) is 1.71. The molecule has 0 saturated carbocycles. The highest BCUT2D eigenvalue weighted by Crippen LogP contribution is 2.30. The first kappa shape index (κ1) is 12.8. The number of piperidine rings is 1. The van der Waals surface area contributed by atoms with Gasteiger partial charge in [-0.15, -0.1) is 0 Å². The van der Waals surface area contributed by atoms with Crippen molar-refractivity contribution < 1.29 is 4.79 Å². The van der Waals surface area contributed by atoms with Crippen molar-refractivity contribution in [2.75, 3.05) is 18.5 Å². The number of nitrogens with one attached hydrogen (secondary N) is 1. The minimum absolute atomic E-state index is 0.0286. The van der Waals surface area contributed by atoms with Crippen LogP contribution < -0.4 is 11.3 Å². The number of aromatic nitrogens is 1. The SMILES string of the molecule is CC1(C)CCN(C(=O)c2ccncc2NN)CC1. The Kier molecular flexibility index (Phi) is 3.52. The van der Waals surface area contributed by atoms with Crippen LogP contribution in [-0.2, 0) is 0 Å². The molecule has 1 saturated heterocycles. The van der Waals surface area contributed by atoms with E-state index >= 15 is 0 Å². The van der Waals surface area contributed by atoms with E-state index in [0.717, 1.165) is 25.9 Å². The van der Waals surface area contributed by atoms with Crippen molar-refractivity contribution in [3.05, 3.63) is 24.0 Å². The number of amides is 1. The number of rotatable bonds is 2. The van der Waals surface area contributed by atoms with Crippen LogP contribution in [0.15, 0.2) is 18.5 Å². The van der Waals surface area contributed by atoms with Crippen LogP contribution in [0.1, 0.15) is 37.0 Å². The van der Waals surface area contributed by atoms with Crippen molar-refractivity contribution in [3.63, 3.8) is 0 Å². The van der Waals surface area contributed by atoms with Crippen LogP contribution in [0.25, 0.3) is 0 Å². The number of carbonyl (C=O) groups excluding carboxylic acids is 1. The molecule has 1 aromatic heterocycles. The number of likely N-dealkylation sites (tertiary alicyclic amines) is 1. The van der Waals surface area contributed by atoms with Gasteiger partial charge >= 0.3 is 0 Å². The average Bonchev–Trinajstić information content (AvgIpc) is 2.38. The Morgan fingerprint density at radius 3 is 2.72 bits per heavy atom. The highest BCUT2D eigenvalue weighted by atomic mass is 16.2. The third kappa shape index (κ3) is 2.61. The van der Waals surface area contributed by atoms with Gasteiger partial charge in [-0.3, -0.25) is 15.6 Å². The molecule has 0 atom stereocenters. The van der Waals surface area contributed by atoms with Crippen molar-refractivity contribution in [3.8, 4) is 0 Å². The number of pyridine rings is 1. The Labute approximate surface area is 107 Å². The average molecular weight is 248 g/mol. The molecule has 5 heteroatoms. The van der Waals surface area contributed by atoms with Gasteiger partial charge in [0, 0.05) is 19.3 Å². The lowest BCUT2D eigenvalue weighted by molar-refractivity contribution is 0.0631. The fourth-order valence-electron chi connectivity index (χ4n) is 2.18. The molecule has 0 aliphatic carbocycles. The van der Waals surface area contributed by atoms with Crippen molar-refractivity contribution in [1.82, 2.24) is 9.88 Å². The van der Waals surface area contributed by atoms with Crippen LogP contribution >= 0.6 is 0 Å². The van der Waals surface area contributed by atoms with Gasteiger partial charge in [-0.05, 0) is 24.3 Å². The van der Waals surface area contributed by atoms with Crippen LogP contribution in [0, 0.1) is 5.41 Å². The van der Waals surface area contributed by atoms with E-state index in [1.54, 1.807) is 18.5 Å². The topological polar surface area (TPSA) is 71.2 Å². The Hall–Kier alpha value is -1.62. The molecule has 18 heavy (non-hydrogen) atoms. The first-order chi connectivity index (χ1) is 8.53. The number of nitrogens with two attached hydrogens (primary N) is 1. The summed E-state index contributed by atoms with van der Waals surface area (Å²) in [4.78, 5) is 18.2. The number of nitrogen functional groups attached to an aromatic ring is 1. The largest absolute Gasteiger partial charge is 0.339 e. The minimum atomic E-state index is 0.0286. The molecule has 2 heterocycles. The van der Waals surface area contributed by atoms with Crippen LogP contribution in [0.4, 0.5) is 5.69 Å². The minimum Gasteiger partial charge on any atom is -0.339 e. The zero-order valence-corrected chi connectivity index (χ0v) is 10.9. The summed E-state index contributed by atoms with van der Waals surface area (Å²) < 4.78 is 0. The molecule has 0 bridgehead atoms. The summed E-state index contributed by atoms with van der Waals surface area (Å²) in [7, 11) is 0. The van der Waals surface area contributed by atoms with E-state index in [1.807, 2.05) is 4.90 Å². The van der Waals surface area contributed by atoms with E-state index in [0.29, 0.717) is 16.7 Å². The zero-order chi connectivity index (χ0) is 13.2. The van der Waals surface area contributed by atoms with Crippen LogP contribution in [0.2, 0.25) is 0 Å². The second-order valence-corrected chi connectivity index (χ2v) is 5.52. The molecule has 1 aliphatic heterocycles. The van der Waals surface area contributed by atoms with Gasteiger partial charge < -0.3 is 10.3 Å². The van der Waals surface area contributed by atoms with Crippen molar-refractivity contribution in [1.29, 1.82) is 0 Å². The summed E-state index contributed by atoms with van der Waals surface area (Å²) in [6.07, 6.45) is 5.26. The third-order valence-electron chi connectivity index (χ3n) is 3.61. The Balaban J connectivity index is 2.13. The van der Waals surface area contributed by atoms with Crippen LogP contribution in [0.3, 0.4) is 0 Å². The fraction of sp³-hybridized carbons (Fsp3) is 0.538. The molecular weight excluding hydrogens is 228 g/mol. The normalized spacial score (nSPS) is 18.5. The quantitative estimate of drug-likeness (QED) is 0.616. The van der Waals surface area contributed by atoms with E-state index in [2.05, 4.69) is 24.3 Å². The number of carbonyl (C=O) groups is 1. The lowest BCUT2D eigenvalue weighted by atomic mass is 9.82. The lowest BCUT2D eigenvalue weighted by Gasteiger charge is -2.37.